The number of alkyl halides is 6. The van der Waals surface area contributed by atoms with E-state index in [0.717, 1.165) is 30.3 Å². The molecule has 0 heterocycles. The molecule has 2 aromatic rings. The second-order valence-electron chi connectivity index (χ2n) is 4.98. The third-order valence-corrected chi connectivity index (χ3v) is 3.30. The summed E-state index contributed by atoms with van der Waals surface area (Å²) in [5.41, 5.74) is -3.23. The van der Waals surface area contributed by atoms with E-state index < -0.39 is 41.4 Å². The molecule has 0 radical (unpaired) electrons. The highest BCUT2D eigenvalue weighted by atomic mass is 19.4. The number of carbonyl (C=O) groups is 1. The molecule has 0 atom stereocenters. The van der Waals surface area contributed by atoms with E-state index in [9.17, 15) is 31.1 Å². The molecule has 0 unspecified atom stereocenters. The van der Waals surface area contributed by atoms with Gasteiger partial charge >= 0.3 is 18.3 Å². The van der Waals surface area contributed by atoms with Crippen molar-refractivity contribution in [3.05, 3.63) is 59.2 Å². The van der Waals surface area contributed by atoms with Gasteiger partial charge in [0.1, 0.15) is 0 Å². The van der Waals surface area contributed by atoms with E-state index in [2.05, 4.69) is 0 Å². The van der Waals surface area contributed by atoms with Crippen molar-refractivity contribution in [3.63, 3.8) is 0 Å². The standard InChI is InChI=1S/C16H10F6O2/c17-15(18,19)12-6-5-9(7-10(12)8-14(23)24)11-3-1-2-4-13(11)16(20,21)22/h1-7H,8H2,(H,23,24). The number of hydrogen-bond donors (Lipinski definition) is 1. The van der Waals surface area contributed by atoms with Crippen LogP contribution in [0, 0.1) is 0 Å². The van der Waals surface area contributed by atoms with Gasteiger partial charge in [0.2, 0.25) is 0 Å². The number of rotatable bonds is 3. The van der Waals surface area contributed by atoms with Gasteiger partial charge in [0.25, 0.3) is 0 Å². The quantitative estimate of drug-likeness (QED) is 0.791. The van der Waals surface area contributed by atoms with E-state index in [-0.39, 0.29) is 11.1 Å². The van der Waals surface area contributed by atoms with Gasteiger partial charge in [-0.2, -0.15) is 26.3 Å². The molecule has 0 aliphatic heterocycles. The fraction of sp³-hybridized carbons (Fsp3) is 0.188. The molecule has 8 heteroatoms. The maximum absolute atomic E-state index is 13.0. The fourth-order valence-electron chi connectivity index (χ4n) is 2.33. The molecule has 0 saturated carbocycles. The minimum absolute atomic E-state index is 0.132. The minimum atomic E-state index is -4.80. The lowest BCUT2D eigenvalue weighted by Gasteiger charge is -2.16. The number of carboxylic acid groups (broad SMARTS) is 1. The number of hydrogen-bond acceptors (Lipinski definition) is 1. The fourth-order valence-corrected chi connectivity index (χ4v) is 2.33. The molecule has 2 nitrogen and oxygen atoms in total. The van der Waals surface area contributed by atoms with Gasteiger partial charge in [-0.15, -0.1) is 0 Å². The molecular weight excluding hydrogens is 338 g/mol. The summed E-state index contributed by atoms with van der Waals surface area (Å²) >= 11 is 0. The summed E-state index contributed by atoms with van der Waals surface area (Å²) in [5, 5.41) is 8.76. The van der Waals surface area contributed by atoms with Gasteiger partial charge in [-0.05, 0) is 34.9 Å². The maximum atomic E-state index is 13.0. The van der Waals surface area contributed by atoms with Crippen molar-refractivity contribution in [3.8, 4) is 11.1 Å². The summed E-state index contributed by atoms with van der Waals surface area (Å²) < 4.78 is 77.9. The van der Waals surface area contributed by atoms with Crippen LogP contribution >= 0.6 is 0 Å². The third-order valence-electron chi connectivity index (χ3n) is 3.30. The van der Waals surface area contributed by atoms with Gasteiger partial charge in [0, 0.05) is 0 Å². The van der Waals surface area contributed by atoms with Crippen molar-refractivity contribution in [2.24, 2.45) is 0 Å². The highest BCUT2D eigenvalue weighted by Crippen LogP contribution is 2.39. The maximum Gasteiger partial charge on any atom is 0.417 e. The van der Waals surface area contributed by atoms with E-state index in [1.54, 1.807) is 0 Å². The van der Waals surface area contributed by atoms with Gasteiger partial charge < -0.3 is 5.11 Å². The topological polar surface area (TPSA) is 37.3 Å². The van der Waals surface area contributed by atoms with Crippen LogP contribution in [0.25, 0.3) is 11.1 Å². The average molecular weight is 348 g/mol. The molecule has 0 spiro atoms. The van der Waals surface area contributed by atoms with Crippen molar-refractivity contribution in [2.45, 2.75) is 18.8 Å². The lowest BCUT2D eigenvalue weighted by Crippen LogP contribution is -2.13. The van der Waals surface area contributed by atoms with Gasteiger partial charge in [-0.1, -0.05) is 24.3 Å². The lowest BCUT2D eigenvalue weighted by molar-refractivity contribution is -0.140. The predicted octanol–water partition coefficient (Wildman–Crippen LogP) is 5.02. The summed E-state index contributed by atoms with van der Waals surface area (Å²) in [6.45, 7) is 0. The van der Waals surface area contributed by atoms with Crippen molar-refractivity contribution < 1.29 is 36.2 Å². The summed E-state index contributed by atoms with van der Waals surface area (Å²) in [4.78, 5) is 10.8. The van der Waals surface area contributed by atoms with Crippen LogP contribution in [0.5, 0.6) is 0 Å². The van der Waals surface area contributed by atoms with Gasteiger partial charge in [0.15, 0.2) is 0 Å². The second kappa shape index (κ2) is 6.18. The Morgan fingerprint density at radius 3 is 2.00 bits per heavy atom. The number of halogens is 6. The molecule has 0 bridgehead atoms. The Bertz CT molecular complexity index is 762. The Hall–Kier alpha value is -2.51. The van der Waals surface area contributed by atoms with Crippen LogP contribution < -0.4 is 0 Å². The number of benzene rings is 2. The Labute approximate surface area is 132 Å². The molecule has 0 fully saturated rings. The normalized spacial score (nSPS) is 12.2. The zero-order valence-electron chi connectivity index (χ0n) is 11.9. The van der Waals surface area contributed by atoms with Crippen molar-refractivity contribution in [2.75, 3.05) is 0 Å². The average Bonchev–Trinajstić information content (AvgIpc) is 2.44. The van der Waals surface area contributed by atoms with Crippen LogP contribution in [0.2, 0.25) is 0 Å². The first kappa shape index (κ1) is 17.8. The van der Waals surface area contributed by atoms with E-state index in [0.29, 0.717) is 6.07 Å². The smallest absolute Gasteiger partial charge is 0.417 e. The van der Waals surface area contributed by atoms with Gasteiger partial charge in [0.05, 0.1) is 17.5 Å². The number of carboxylic acids is 1. The molecule has 1 N–H and O–H groups in total. The first-order valence-corrected chi connectivity index (χ1v) is 6.58. The van der Waals surface area contributed by atoms with Crippen LogP contribution in [0.15, 0.2) is 42.5 Å². The molecule has 128 valence electrons. The van der Waals surface area contributed by atoms with Gasteiger partial charge in [-0.3, -0.25) is 4.79 Å². The molecule has 0 amide bonds. The van der Waals surface area contributed by atoms with E-state index >= 15 is 0 Å². The molecule has 0 aliphatic rings. The predicted molar refractivity (Wildman–Crippen MR) is 73.2 cm³/mol. The highest BCUT2D eigenvalue weighted by molar-refractivity contribution is 5.74. The first-order chi connectivity index (χ1) is 11.0. The van der Waals surface area contributed by atoms with Crippen molar-refractivity contribution in [1.82, 2.24) is 0 Å². The Morgan fingerprint density at radius 2 is 1.46 bits per heavy atom. The summed E-state index contributed by atoms with van der Waals surface area (Å²) in [7, 11) is 0. The Balaban J connectivity index is 2.64. The first-order valence-electron chi connectivity index (χ1n) is 6.58. The van der Waals surface area contributed by atoms with E-state index in [1.165, 1.54) is 6.07 Å². The summed E-state index contributed by atoms with van der Waals surface area (Å²) in [5.74, 6) is -1.51. The molecule has 2 aromatic carbocycles. The summed E-state index contributed by atoms with van der Waals surface area (Å²) in [6.07, 6.45) is -10.4. The monoisotopic (exact) mass is 348 g/mol. The number of aliphatic carboxylic acids is 1. The van der Waals surface area contributed by atoms with Crippen molar-refractivity contribution >= 4 is 5.97 Å². The molecule has 0 saturated heterocycles. The molecule has 24 heavy (non-hydrogen) atoms. The lowest BCUT2D eigenvalue weighted by atomic mass is 9.94. The SMILES string of the molecule is O=C(O)Cc1cc(-c2ccccc2C(F)(F)F)ccc1C(F)(F)F. The Kier molecular flexibility index (Phi) is 4.59. The Morgan fingerprint density at radius 1 is 0.875 bits per heavy atom. The molecule has 2 rings (SSSR count). The molecule has 0 aromatic heterocycles. The van der Waals surface area contributed by atoms with Gasteiger partial charge in [-0.25, -0.2) is 0 Å². The zero-order valence-corrected chi connectivity index (χ0v) is 11.9. The second-order valence-corrected chi connectivity index (χ2v) is 4.98. The summed E-state index contributed by atoms with van der Waals surface area (Å²) in [6, 6.07) is 6.74. The van der Waals surface area contributed by atoms with Crippen molar-refractivity contribution in [1.29, 1.82) is 0 Å². The highest BCUT2D eigenvalue weighted by Gasteiger charge is 2.36. The van der Waals surface area contributed by atoms with Crippen LogP contribution in [0.3, 0.4) is 0 Å². The zero-order chi connectivity index (χ0) is 18.1. The largest absolute Gasteiger partial charge is 0.481 e. The van der Waals surface area contributed by atoms with Crippen LogP contribution in [-0.2, 0) is 23.6 Å². The van der Waals surface area contributed by atoms with E-state index in [1.807, 2.05) is 0 Å². The third kappa shape index (κ3) is 3.87. The minimum Gasteiger partial charge on any atom is -0.481 e. The van der Waals surface area contributed by atoms with Crippen LogP contribution in [0.4, 0.5) is 26.3 Å². The van der Waals surface area contributed by atoms with Crippen LogP contribution in [-0.4, -0.2) is 11.1 Å². The van der Waals surface area contributed by atoms with E-state index in [4.69, 9.17) is 5.11 Å². The molecular formula is C16H10F6O2. The molecule has 0 aliphatic carbocycles. The van der Waals surface area contributed by atoms with Crippen LogP contribution in [0.1, 0.15) is 16.7 Å².